The molecule has 0 bridgehead atoms. The Morgan fingerprint density at radius 2 is 1.83 bits per heavy atom. The predicted molar refractivity (Wildman–Crippen MR) is 71.8 cm³/mol. The smallest absolute Gasteiger partial charge is 0.171 e. The van der Waals surface area contributed by atoms with Crippen molar-refractivity contribution in [3.05, 3.63) is 29.3 Å². The Labute approximate surface area is 109 Å². The zero-order valence-electron chi connectivity index (χ0n) is 11.8. The van der Waals surface area contributed by atoms with Crippen LogP contribution in [-0.4, -0.2) is 33.7 Å². The summed E-state index contributed by atoms with van der Waals surface area (Å²) >= 11 is 0. The van der Waals surface area contributed by atoms with E-state index in [1.165, 1.54) is 5.56 Å². The molecule has 0 aliphatic rings. The summed E-state index contributed by atoms with van der Waals surface area (Å²) in [7, 11) is 4.96. The summed E-state index contributed by atoms with van der Waals surface area (Å²) in [6.45, 7) is 4.81. The van der Waals surface area contributed by atoms with E-state index < -0.39 is 0 Å². The molecule has 102 valence electrons. The van der Waals surface area contributed by atoms with Crippen LogP contribution < -0.4 is 10.1 Å². The molecule has 1 unspecified atom stereocenters. The molecule has 1 aromatic rings. The quantitative estimate of drug-likeness (QED) is 0.755. The molecule has 1 N–H and O–H groups in total. The molecule has 0 spiro atoms. The zero-order valence-corrected chi connectivity index (χ0v) is 11.8. The van der Waals surface area contributed by atoms with Gasteiger partial charge in [-0.05, 0) is 19.9 Å². The van der Waals surface area contributed by atoms with Crippen molar-refractivity contribution in [3.63, 3.8) is 0 Å². The van der Waals surface area contributed by atoms with Crippen LogP contribution in [0.3, 0.4) is 0 Å². The first-order valence-electron chi connectivity index (χ1n) is 6.04. The van der Waals surface area contributed by atoms with Gasteiger partial charge in [0.05, 0.1) is 13.2 Å². The van der Waals surface area contributed by atoms with Crippen LogP contribution in [-0.2, 0) is 16.0 Å². The van der Waals surface area contributed by atoms with Crippen molar-refractivity contribution in [1.29, 1.82) is 0 Å². The second-order valence-electron chi connectivity index (χ2n) is 4.32. The summed E-state index contributed by atoms with van der Waals surface area (Å²) in [5, 5.41) is 3.37. The van der Waals surface area contributed by atoms with Crippen molar-refractivity contribution >= 4 is 0 Å². The van der Waals surface area contributed by atoms with Crippen LogP contribution in [0.5, 0.6) is 5.75 Å². The van der Waals surface area contributed by atoms with Gasteiger partial charge < -0.3 is 19.5 Å². The number of rotatable bonds is 7. The lowest BCUT2D eigenvalue weighted by atomic mass is 10.1. The van der Waals surface area contributed by atoms with E-state index in [0.29, 0.717) is 0 Å². The molecular weight excluding hydrogens is 230 g/mol. The maximum absolute atomic E-state index is 5.34. The van der Waals surface area contributed by atoms with Gasteiger partial charge in [0.25, 0.3) is 0 Å². The molecule has 0 saturated carbocycles. The van der Waals surface area contributed by atoms with Gasteiger partial charge in [-0.1, -0.05) is 17.7 Å². The number of methoxy groups -OCH3 is 3. The number of aryl methyl sites for hydroxylation is 1. The van der Waals surface area contributed by atoms with E-state index in [1.807, 2.05) is 19.1 Å². The maximum Gasteiger partial charge on any atom is 0.171 e. The van der Waals surface area contributed by atoms with Crippen molar-refractivity contribution in [2.24, 2.45) is 0 Å². The van der Waals surface area contributed by atoms with Crippen LogP contribution in [0, 0.1) is 6.92 Å². The van der Waals surface area contributed by atoms with Crippen molar-refractivity contribution in [2.45, 2.75) is 32.7 Å². The first kappa shape index (κ1) is 15.0. The molecule has 0 aliphatic heterocycles. The molecule has 4 heteroatoms. The average molecular weight is 253 g/mol. The van der Waals surface area contributed by atoms with Gasteiger partial charge in [-0.25, -0.2) is 0 Å². The highest BCUT2D eigenvalue weighted by atomic mass is 16.7. The van der Waals surface area contributed by atoms with Gasteiger partial charge in [0.1, 0.15) is 5.75 Å². The Morgan fingerprint density at radius 1 is 1.17 bits per heavy atom. The highest BCUT2D eigenvalue weighted by Gasteiger charge is 2.15. The molecule has 1 rings (SSSR count). The number of hydrogen-bond donors (Lipinski definition) is 1. The summed E-state index contributed by atoms with van der Waals surface area (Å²) in [5.74, 6) is 0.895. The summed E-state index contributed by atoms with van der Waals surface area (Å²) in [6, 6.07) is 6.25. The molecule has 0 radical (unpaired) electrons. The first-order valence-corrected chi connectivity index (χ1v) is 6.04. The predicted octanol–water partition coefficient (Wildman–Crippen LogP) is 2.10. The third-order valence-electron chi connectivity index (χ3n) is 2.92. The van der Waals surface area contributed by atoms with E-state index in [2.05, 4.69) is 18.3 Å². The van der Waals surface area contributed by atoms with Crippen LogP contribution in [0.1, 0.15) is 18.1 Å². The van der Waals surface area contributed by atoms with E-state index in [0.717, 1.165) is 17.9 Å². The van der Waals surface area contributed by atoms with Crippen LogP contribution >= 0.6 is 0 Å². The molecule has 0 aromatic heterocycles. The molecule has 0 saturated heterocycles. The Morgan fingerprint density at radius 3 is 2.39 bits per heavy atom. The van der Waals surface area contributed by atoms with Crippen molar-refractivity contribution < 1.29 is 14.2 Å². The van der Waals surface area contributed by atoms with E-state index in [-0.39, 0.29) is 12.3 Å². The fourth-order valence-electron chi connectivity index (χ4n) is 1.92. The Balaban J connectivity index is 2.65. The Bertz CT molecular complexity index is 364. The van der Waals surface area contributed by atoms with Gasteiger partial charge >= 0.3 is 0 Å². The van der Waals surface area contributed by atoms with Gasteiger partial charge in [0.2, 0.25) is 0 Å². The molecule has 1 aromatic carbocycles. The molecule has 4 nitrogen and oxygen atoms in total. The largest absolute Gasteiger partial charge is 0.496 e. The summed E-state index contributed by atoms with van der Waals surface area (Å²) < 4.78 is 15.8. The third-order valence-corrected chi connectivity index (χ3v) is 2.92. The second-order valence-corrected chi connectivity index (χ2v) is 4.32. The van der Waals surface area contributed by atoms with Crippen LogP contribution in [0.4, 0.5) is 0 Å². The molecule has 0 heterocycles. The molecule has 1 atom stereocenters. The topological polar surface area (TPSA) is 39.7 Å². The van der Waals surface area contributed by atoms with Crippen molar-refractivity contribution in [3.8, 4) is 5.75 Å². The van der Waals surface area contributed by atoms with Gasteiger partial charge in [0.15, 0.2) is 6.29 Å². The van der Waals surface area contributed by atoms with Crippen molar-refractivity contribution in [2.75, 3.05) is 21.3 Å². The molecule has 0 amide bonds. The number of nitrogens with one attached hydrogen (secondary N) is 1. The Kier molecular flexibility index (Phi) is 6.12. The molecule has 0 aliphatic carbocycles. The van der Waals surface area contributed by atoms with Crippen LogP contribution in [0.15, 0.2) is 18.2 Å². The number of hydrogen-bond acceptors (Lipinski definition) is 4. The molecule has 18 heavy (non-hydrogen) atoms. The zero-order chi connectivity index (χ0) is 13.5. The average Bonchev–Trinajstić information content (AvgIpc) is 2.38. The highest BCUT2D eigenvalue weighted by Crippen LogP contribution is 2.19. The van der Waals surface area contributed by atoms with Gasteiger partial charge in [-0.3, -0.25) is 0 Å². The lowest BCUT2D eigenvalue weighted by Crippen LogP contribution is -2.39. The van der Waals surface area contributed by atoms with Crippen LogP contribution in [0.2, 0.25) is 0 Å². The summed E-state index contributed by atoms with van der Waals surface area (Å²) in [5.41, 5.74) is 2.35. The van der Waals surface area contributed by atoms with E-state index in [4.69, 9.17) is 14.2 Å². The fraction of sp³-hybridized carbons (Fsp3) is 0.571. The highest BCUT2D eigenvalue weighted by molar-refractivity contribution is 5.36. The summed E-state index contributed by atoms with van der Waals surface area (Å²) in [6.07, 6.45) is -0.249. The van der Waals surface area contributed by atoms with Crippen molar-refractivity contribution in [1.82, 2.24) is 5.32 Å². The maximum atomic E-state index is 5.34. The minimum absolute atomic E-state index is 0.102. The van der Waals surface area contributed by atoms with E-state index >= 15 is 0 Å². The minimum Gasteiger partial charge on any atom is -0.496 e. The second kappa shape index (κ2) is 7.36. The van der Waals surface area contributed by atoms with Gasteiger partial charge in [-0.2, -0.15) is 0 Å². The van der Waals surface area contributed by atoms with E-state index in [1.54, 1.807) is 21.3 Å². The fourth-order valence-corrected chi connectivity index (χ4v) is 1.92. The van der Waals surface area contributed by atoms with Gasteiger partial charge in [0, 0.05) is 26.3 Å². The first-order chi connectivity index (χ1) is 8.62. The summed E-state index contributed by atoms with van der Waals surface area (Å²) in [4.78, 5) is 0. The monoisotopic (exact) mass is 253 g/mol. The number of ether oxygens (including phenoxy) is 3. The van der Waals surface area contributed by atoms with Crippen LogP contribution in [0.25, 0.3) is 0 Å². The molecule has 0 fully saturated rings. The minimum atomic E-state index is -0.249. The van der Waals surface area contributed by atoms with E-state index in [9.17, 15) is 0 Å². The lowest BCUT2D eigenvalue weighted by Gasteiger charge is -2.22. The number of benzene rings is 1. The molecular formula is C14H23NO3. The standard InChI is InChI=1S/C14H23NO3/c1-10-6-7-13(16-3)12(8-10)9-15-11(2)14(17-4)18-5/h6-8,11,14-15H,9H2,1-5H3. The SMILES string of the molecule is COc1ccc(C)cc1CNC(C)C(OC)OC. The lowest BCUT2D eigenvalue weighted by molar-refractivity contribution is -0.119. The third kappa shape index (κ3) is 3.98. The Hall–Kier alpha value is -1.10. The normalized spacial score (nSPS) is 12.8. The van der Waals surface area contributed by atoms with Gasteiger partial charge in [-0.15, -0.1) is 0 Å².